The number of amides is 1. The van der Waals surface area contributed by atoms with Crippen molar-refractivity contribution >= 4 is 5.91 Å². The summed E-state index contributed by atoms with van der Waals surface area (Å²) in [5.41, 5.74) is 1.32. The summed E-state index contributed by atoms with van der Waals surface area (Å²) >= 11 is 0. The van der Waals surface area contributed by atoms with E-state index in [0.717, 1.165) is 37.2 Å². The summed E-state index contributed by atoms with van der Waals surface area (Å²) in [6.07, 6.45) is 0. The Labute approximate surface area is 178 Å². The highest BCUT2D eigenvalue weighted by molar-refractivity contribution is 5.78. The molecule has 7 nitrogen and oxygen atoms in total. The SMILES string of the molecule is COc1cc(OCC(=O)N2CC[N+](C)(Cc3ccccc3)CC2)cc(OC)c1OC. The summed E-state index contributed by atoms with van der Waals surface area (Å²) in [5.74, 6) is 1.96. The molecule has 1 fully saturated rings. The molecule has 7 heteroatoms. The van der Waals surface area contributed by atoms with Crippen LogP contribution >= 0.6 is 0 Å². The van der Waals surface area contributed by atoms with Gasteiger partial charge in [0.2, 0.25) is 5.75 Å². The molecule has 0 bridgehead atoms. The highest BCUT2D eigenvalue weighted by Gasteiger charge is 2.31. The van der Waals surface area contributed by atoms with Crippen LogP contribution in [-0.4, -0.2) is 76.5 Å². The zero-order valence-corrected chi connectivity index (χ0v) is 18.2. The number of nitrogens with zero attached hydrogens (tertiary/aromatic N) is 2. The molecule has 1 amide bonds. The van der Waals surface area contributed by atoms with Crippen LogP contribution in [-0.2, 0) is 11.3 Å². The van der Waals surface area contributed by atoms with E-state index in [4.69, 9.17) is 18.9 Å². The van der Waals surface area contributed by atoms with Crippen molar-refractivity contribution in [3.8, 4) is 23.0 Å². The molecule has 2 aromatic rings. The molecule has 162 valence electrons. The first kappa shape index (κ1) is 21.8. The van der Waals surface area contributed by atoms with E-state index in [1.807, 2.05) is 11.0 Å². The number of methoxy groups -OCH3 is 3. The molecule has 1 heterocycles. The monoisotopic (exact) mass is 415 g/mol. The zero-order chi connectivity index (χ0) is 21.6. The summed E-state index contributed by atoms with van der Waals surface area (Å²) in [4.78, 5) is 14.6. The van der Waals surface area contributed by atoms with Crippen molar-refractivity contribution in [1.82, 2.24) is 4.90 Å². The fourth-order valence-electron chi connectivity index (χ4n) is 3.76. The smallest absolute Gasteiger partial charge is 0.260 e. The number of rotatable bonds is 8. The van der Waals surface area contributed by atoms with Crippen LogP contribution in [0.1, 0.15) is 5.56 Å². The quantitative estimate of drug-likeness (QED) is 0.621. The second kappa shape index (κ2) is 9.71. The standard InChI is InChI=1S/C23H31N2O5/c1-25(16-18-8-6-5-7-9-18)12-10-24(11-13-25)22(26)17-30-19-14-20(27-2)23(29-4)21(15-19)28-3/h5-9,14-15H,10-13,16-17H2,1-4H3/q+1. The van der Waals surface area contributed by atoms with E-state index in [-0.39, 0.29) is 12.5 Å². The highest BCUT2D eigenvalue weighted by atomic mass is 16.5. The predicted octanol–water partition coefficient (Wildman–Crippen LogP) is 2.58. The van der Waals surface area contributed by atoms with Crippen molar-refractivity contribution in [2.45, 2.75) is 6.54 Å². The topological polar surface area (TPSA) is 57.2 Å². The average Bonchev–Trinajstić information content (AvgIpc) is 2.77. The van der Waals surface area contributed by atoms with Gasteiger partial charge < -0.3 is 28.3 Å². The summed E-state index contributed by atoms with van der Waals surface area (Å²) in [5, 5.41) is 0. The van der Waals surface area contributed by atoms with Crippen molar-refractivity contribution in [2.24, 2.45) is 0 Å². The van der Waals surface area contributed by atoms with Gasteiger partial charge in [-0.15, -0.1) is 0 Å². The molecule has 1 aliphatic rings. The van der Waals surface area contributed by atoms with Crippen molar-refractivity contribution in [3.63, 3.8) is 0 Å². The Kier molecular flexibility index (Phi) is 7.05. The Bertz CT molecular complexity index is 823. The minimum atomic E-state index is -0.0267. The fraction of sp³-hybridized carbons (Fsp3) is 0.435. The molecule has 1 saturated heterocycles. The minimum absolute atomic E-state index is 0.0188. The molecule has 30 heavy (non-hydrogen) atoms. The maximum Gasteiger partial charge on any atom is 0.260 e. The summed E-state index contributed by atoms with van der Waals surface area (Å²) < 4.78 is 22.7. The van der Waals surface area contributed by atoms with Gasteiger partial charge in [-0.3, -0.25) is 4.79 Å². The van der Waals surface area contributed by atoms with Crippen LogP contribution in [0.3, 0.4) is 0 Å². The highest BCUT2D eigenvalue weighted by Crippen LogP contribution is 2.40. The third-order valence-electron chi connectivity index (χ3n) is 5.58. The number of likely N-dealkylation sites (N-methyl/N-ethyl adjacent to an activating group) is 1. The van der Waals surface area contributed by atoms with Gasteiger partial charge in [0.05, 0.1) is 54.6 Å². The second-order valence-corrected chi connectivity index (χ2v) is 7.74. The molecule has 0 atom stereocenters. The van der Waals surface area contributed by atoms with Gasteiger partial charge in [0, 0.05) is 17.7 Å². The Hall–Kier alpha value is -2.93. The van der Waals surface area contributed by atoms with Gasteiger partial charge in [0.25, 0.3) is 5.91 Å². The van der Waals surface area contributed by atoms with Crippen LogP contribution in [0.15, 0.2) is 42.5 Å². The minimum Gasteiger partial charge on any atom is -0.493 e. The lowest BCUT2D eigenvalue weighted by Gasteiger charge is -2.42. The van der Waals surface area contributed by atoms with Crippen molar-refractivity contribution in [1.29, 1.82) is 0 Å². The molecule has 0 unspecified atom stereocenters. The summed E-state index contributed by atoms with van der Waals surface area (Å²) in [7, 11) is 6.89. The lowest BCUT2D eigenvalue weighted by Crippen LogP contribution is -2.58. The zero-order valence-electron chi connectivity index (χ0n) is 18.2. The van der Waals surface area contributed by atoms with Gasteiger partial charge >= 0.3 is 0 Å². The Balaban J connectivity index is 1.55. The van der Waals surface area contributed by atoms with Gasteiger partial charge in [0.1, 0.15) is 12.3 Å². The molecule has 0 spiro atoms. The molecular weight excluding hydrogens is 384 g/mol. The molecule has 0 radical (unpaired) electrons. The van der Waals surface area contributed by atoms with Crippen LogP contribution < -0.4 is 18.9 Å². The van der Waals surface area contributed by atoms with Crippen molar-refractivity contribution in [3.05, 3.63) is 48.0 Å². The van der Waals surface area contributed by atoms with Crippen LogP contribution in [0, 0.1) is 0 Å². The molecule has 2 aromatic carbocycles. The molecule has 0 N–H and O–H groups in total. The number of benzene rings is 2. The van der Waals surface area contributed by atoms with Crippen LogP contribution in [0.2, 0.25) is 0 Å². The predicted molar refractivity (Wildman–Crippen MR) is 114 cm³/mol. The number of hydrogen-bond donors (Lipinski definition) is 0. The van der Waals surface area contributed by atoms with Crippen molar-refractivity contribution < 1.29 is 28.2 Å². The number of quaternary nitrogens is 1. The maximum absolute atomic E-state index is 12.7. The van der Waals surface area contributed by atoms with E-state index < -0.39 is 0 Å². The number of hydrogen-bond acceptors (Lipinski definition) is 5. The molecular formula is C23H31N2O5+. The van der Waals surface area contributed by atoms with Gasteiger partial charge in [0.15, 0.2) is 18.1 Å². The van der Waals surface area contributed by atoms with E-state index in [0.29, 0.717) is 23.0 Å². The van der Waals surface area contributed by atoms with Gasteiger partial charge in [-0.1, -0.05) is 30.3 Å². The van der Waals surface area contributed by atoms with Crippen LogP contribution in [0.4, 0.5) is 0 Å². The number of piperazine rings is 1. The van der Waals surface area contributed by atoms with E-state index in [2.05, 4.69) is 31.3 Å². The second-order valence-electron chi connectivity index (χ2n) is 7.74. The Morgan fingerprint density at radius 3 is 2.10 bits per heavy atom. The number of carbonyl (C=O) groups excluding carboxylic acids is 1. The molecule has 0 aromatic heterocycles. The molecule has 3 rings (SSSR count). The van der Waals surface area contributed by atoms with E-state index in [1.54, 1.807) is 33.5 Å². The molecule has 1 aliphatic heterocycles. The Morgan fingerprint density at radius 1 is 0.967 bits per heavy atom. The van der Waals surface area contributed by atoms with E-state index in [9.17, 15) is 4.79 Å². The Morgan fingerprint density at radius 2 is 1.57 bits per heavy atom. The number of carbonyl (C=O) groups is 1. The largest absolute Gasteiger partial charge is 0.493 e. The maximum atomic E-state index is 12.7. The van der Waals surface area contributed by atoms with Crippen molar-refractivity contribution in [2.75, 3.05) is 61.2 Å². The lowest BCUT2D eigenvalue weighted by atomic mass is 10.1. The first-order chi connectivity index (χ1) is 14.5. The summed E-state index contributed by atoms with van der Waals surface area (Å²) in [6, 6.07) is 13.9. The first-order valence-corrected chi connectivity index (χ1v) is 10.1. The van der Waals surface area contributed by atoms with Crippen LogP contribution in [0.25, 0.3) is 0 Å². The normalized spacial score (nSPS) is 15.4. The van der Waals surface area contributed by atoms with Crippen LogP contribution in [0.5, 0.6) is 23.0 Å². The van der Waals surface area contributed by atoms with E-state index >= 15 is 0 Å². The molecule has 0 aliphatic carbocycles. The van der Waals surface area contributed by atoms with Gasteiger partial charge in [-0.25, -0.2) is 0 Å². The third kappa shape index (κ3) is 5.16. The number of ether oxygens (including phenoxy) is 4. The molecule has 0 saturated carbocycles. The lowest BCUT2D eigenvalue weighted by molar-refractivity contribution is -0.926. The third-order valence-corrected chi connectivity index (χ3v) is 5.58. The van der Waals surface area contributed by atoms with Gasteiger partial charge in [-0.2, -0.15) is 0 Å². The first-order valence-electron chi connectivity index (χ1n) is 10.1. The average molecular weight is 416 g/mol. The van der Waals surface area contributed by atoms with Gasteiger partial charge in [-0.05, 0) is 0 Å². The summed E-state index contributed by atoms with van der Waals surface area (Å²) in [6.45, 7) is 4.24. The van der Waals surface area contributed by atoms with E-state index in [1.165, 1.54) is 5.56 Å². The fourth-order valence-corrected chi connectivity index (χ4v) is 3.76.